The first-order valence-electron chi connectivity index (χ1n) is 12.8. The van der Waals surface area contributed by atoms with Crippen LogP contribution in [0.5, 0.6) is 0 Å². The molecule has 4 aliphatic rings. The van der Waals surface area contributed by atoms with Crippen molar-refractivity contribution in [1.82, 2.24) is 0 Å². The van der Waals surface area contributed by atoms with E-state index in [1.165, 1.54) is 89.0 Å². The molecule has 0 spiro atoms. The quantitative estimate of drug-likeness (QED) is 0.191. The number of fused-ring (bicyclic) bond motifs is 5. The molecule has 0 amide bonds. The van der Waals surface area contributed by atoms with Crippen molar-refractivity contribution in [1.29, 1.82) is 0 Å². The van der Waals surface area contributed by atoms with E-state index in [0.29, 0.717) is 16.6 Å². The zero-order valence-electron chi connectivity index (χ0n) is 19.1. The molecule has 164 valence electrons. The minimum atomic E-state index is 0.206. The Morgan fingerprint density at radius 3 is 2.55 bits per heavy atom. The zero-order chi connectivity index (χ0) is 20.6. The Hall–Kier alpha value is 0.140. The zero-order valence-corrected chi connectivity index (χ0v) is 21.3. The fourth-order valence-corrected chi connectivity index (χ4v) is 9.43. The Morgan fingerprint density at radius 2 is 1.76 bits per heavy atom. The van der Waals surface area contributed by atoms with Crippen LogP contribution < -0.4 is 0 Å². The maximum absolute atomic E-state index is 12.3. The van der Waals surface area contributed by atoms with Gasteiger partial charge in [-0.2, -0.15) is 0 Å². The molecule has 0 aromatic rings. The maximum atomic E-state index is 12.3. The standard InChI is InChI=1S/C27H43IO/c1-4-5-6-7-8-9-10-19-12-14-22-21-13-11-20-17-25(29)24(28)18-27(20,3)23(21)15-16-26(19,22)2/h17,19,21-24H,4-16,18H2,1-3H3/t19?,21-,22-,23-,24+,26+,27-/m0/s1. The molecule has 1 nitrogen and oxygen atoms in total. The first-order chi connectivity index (χ1) is 13.9. The van der Waals surface area contributed by atoms with Crippen LogP contribution in [0.2, 0.25) is 0 Å². The van der Waals surface area contributed by atoms with Crippen LogP contribution in [0, 0.1) is 34.5 Å². The second-order valence-corrected chi connectivity index (χ2v) is 13.0. The molecule has 0 aromatic carbocycles. The van der Waals surface area contributed by atoms with Crippen LogP contribution in [0.1, 0.15) is 111 Å². The summed E-state index contributed by atoms with van der Waals surface area (Å²) in [4.78, 5) is 12.3. The highest BCUT2D eigenvalue weighted by Gasteiger charge is 2.59. The average molecular weight is 511 g/mol. The van der Waals surface area contributed by atoms with Crippen molar-refractivity contribution in [2.75, 3.05) is 0 Å². The number of allylic oxidation sites excluding steroid dienone is 1. The molecule has 2 heteroatoms. The Labute approximate surface area is 193 Å². The minimum absolute atomic E-state index is 0.206. The van der Waals surface area contributed by atoms with Gasteiger partial charge < -0.3 is 0 Å². The van der Waals surface area contributed by atoms with E-state index in [-0.39, 0.29) is 3.92 Å². The summed E-state index contributed by atoms with van der Waals surface area (Å²) in [7, 11) is 0. The highest BCUT2D eigenvalue weighted by atomic mass is 127. The summed E-state index contributed by atoms with van der Waals surface area (Å²) in [6, 6.07) is 0. The topological polar surface area (TPSA) is 17.1 Å². The molecule has 0 bridgehead atoms. The summed E-state index contributed by atoms with van der Waals surface area (Å²) in [6.45, 7) is 7.52. The van der Waals surface area contributed by atoms with Crippen LogP contribution in [0.15, 0.2) is 11.6 Å². The molecule has 3 saturated carbocycles. The van der Waals surface area contributed by atoms with Crippen molar-refractivity contribution in [2.24, 2.45) is 34.5 Å². The highest BCUT2D eigenvalue weighted by molar-refractivity contribution is 14.1. The Bertz CT molecular complexity index is 638. The van der Waals surface area contributed by atoms with E-state index >= 15 is 0 Å². The Kier molecular flexibility index (Phi) is 6.89. The van der Waals surface area contributed by atoms with Crippen LogP contribution >= 0.6 is 22.6 Å². The largest absolute Gasteiger partial charge is 0.294 e. The van der Waals surface area contributed by atoms with Crippen molar-refractivity contribution in [2.45, 2.75) is 115 Å². The number of rotatable bonds is 7. The fourth-order valence-electron chi connectivity index (χ4n) is 8.34. The minimum Gasteiger partial charge on any atom is -0.294 e. The van der Waals surface area contributed by atoms with Crippen molar-refractivity contribution in [3.63, 3.8) is 0 Å². The van der Waals surface area contributed by atoms with E-state index in [1.54, 1.807) is 0 Å². The van der Waals surface area contributed by atoms with Crippen molar-refractivity contribution >= 4 is 28.4 Å². The SMILES string of the molecule is CCCCCCCCC1CC[C@H]2[C@@H]3CCC4=CC(=O)[C@H](I)C[C@]4(C)[C@H]3CC[C@]12C. The Morgan fingerprint density at radius 1 is 1.00 bits per heavy atom. The lowest BCUT2D eigenvalue weighted by molar-refractivity contribution is -0.116. The molecule has 4 rings (SSSR count). The predicted octanol–water partition coefficient (Wildman–Crippen LogP) is 8.30. The molecule has 0 heterocycles. The number of hydrogen-bond acceptors (Lipinski definition) is 1. The van der Waals surface area contributed by atoms with Crippen LogP contribution in [-0.2, 0) is 4.79 Å². The van der Waals surface area contributed by atoms with Crippen LogP contribution in [0.25, 0.3) is 0 Å². The van der Waals surface area contributed by atoms with E-state index in [9.17, 15) is 4.79 Å². The van der Waals surface area contributed by atoms with Gasteiger partial charge in [-0.25, -0.2) is 0 Å². The monoisotopic (exact) mass is 510 g/mol. The second kappa shape index (κ2) is 8.94. The van der Waals surface area contributed by atoms with E-state index in [0.717, 1.165) is 30.1 Å². The van der Waals surface area contributed by atoms with Gasteiger partial charge in [0.15, 0.2) is 5.78 Å². The second-order valence-electron chi connectivity index (χ2n) is 11.5. The van der Waals surface area contributed by atoms with E-state index in [4.69, 9.17) is 0 Å². The van der Waals surface area contributed by atoms with Gasteiger partial charge in [0, 0.05) is 0 Å². The third kappa shape index (κ3) is 4.02. The maximum Gasteiger partial charge on any atom is 0.168 e. The van der Waals surface area contributed by atoms with Gasteiger partial charge in [0.2, 0.25) is 0 Å². The molecule has 29 heavy (non-hydrogen) atoms. The summed E-state index contributed by atoms with van der Waals surface area (Å²) in [6.07, 6.45) is 21.6. The van der Waals surface area contributed by atoms with Gasteiger partial charge in [0.05, 0.1) is 3.92 Å². The normalized spacial score (nSPS) is 44.1. The molecule has 0 N–H and O–H groups in total. The van der Waals surface area contributed by atoms with Crippen molar-refractivity contribution in [3.8, 4) is 0 Å². The van der Waals surface area contributed by atoms with Crippen LogP contribution in [-0.4, -0.2) is 9.71 Å². The molecular formula is C27H43IO. The summed E-state index contributed by atoms with van der Waals surface area (Å²) < 4.78 is 0.206. The first kappa shape index (κ1) is 22.3. The molecule has 7 atom stereocenters. The van der Waals surface area contributed by atoms with Crippen LogP contribution in [0.3, 0.4) is 0 Å². The third-order valence-electron chi connectivity index (χ3n) is 10.1. The van der Waals surface area contributed by atoms with Gasteiger partial charge >= 0.3 is 0 Å². The fraction of sp³-hybridized carbons (Fsp3) is 0.889. The average Bonchev–Trinajstić information content (AvgIpc) is 3.02. The van der Waals surface area contributed by atoms with E-state index < -0.39 is 0 Å². The lowest BCUT2D eigenvalue weighted by Crippen LogP contribution is -2.51. The number of carbonyl (C=O) groups excluding carboxylic acids is 1. The van der Waals surface area contributed by atoms with Gasteiger partial charge in [0.1, 0.15) is 0 Å². The molecule has 3 fully saturated rings. The van der Waals surface area contributed by atoms with Gasteiger partial charge in [-0.3, -0.25) is 4.79 Å². The van der Waals surface area contributed by atoms with Gasteiger partial charge in [-0.05, 0) is 91.9 Å². The summed E-state index contributed by atoms with van der Waals surface area (Å²) >= 11 is 2.42. The van der Waals surface area contributed by atoms with E-state index in [2.05, 4.69) is 49.4 Å². The number of carbonyl (C=O) groups is 1. The lowest BCUT2D eigenvalue weighted by atomic mass is 9.46. The van der Waals surface area contributed by atoms with Crippen molar-refractivity contribution in [3.05, 3.63) is 11.6 Å². The third-order valence-corrected chi connectivity index (χ3v) is 11.1. The molecule has 0 aliphatic heterocycles. The van der Waals surface area contributed by atoms with Crippen molar-refractivity contribution < 1.29 is 4.79 Å². The summed E-state index contributed by atoms with van der Waals surface area (Å²) in [5.74, 6) is 4.07. The Balaban J connectivity index is 1.41. The number of halogens is 1. The lowest BCUT2D eigenvalue weighted by Gasteiger charge is -2.58. The van der Waals surface area contributed by atoms with Gasteiger partial charge in [0.25, 0.3) is 0 Å². The molecule has 0 radical (unpaired) electrons. The molecule has 4 aliphatic carbocycles. The van der Waals surface area contributed by atoms with E-state index in [1.807, 2.05) is 0 Å². The highest BCUT2D eigenvalue weighted by Crippen LogP contribution is 2.67. The number of unbranched alkanes of at least 4 members (excludes halogenated alkanes) is 5. The number of alkyl halides is 1. The van der Waals surface area contributed by atoms with Gasteiger partial charge in [-0.15, -0.1) is 0 Å². The molecule has 0 aromatic heterocycles. The summed E-state index contributed by atoms with van der Waals surface area (Å²) in [5.41, 5.74) is 2.43. The predicted molar refractivity (Wildman–Crippen MR) is 131 cm³/mol. The number of hydrogen-bond donors (Lipinski definition) is 0. The van der Waals surface area contributed by atoms with Gasteiger partial charge in [-0.1, -0.05) is 87.5 Å². The number of ketones is 1. The summed E-state index contributed by atoms with van der Waals surface area (Å²) in [5, 5.41) is 0. The first-order valence-corrected chi connectivity index (χ1v) is 14.0. The molecule has 1 unspecified atom stereocenters. The van der Waals surface area contributed by atoms with Crippen LogP contribution in [0.4, 0.5) is 0 Å². The smallest absolute Gasteiger partial charge is 0.168 e. The molecular weight excluding hydrogens is 467 g/mol. The molecule has 0 saturated heterocycles.